The van der Waals surface area contributed by atoms with Gasteiger partial charge in [-0.3, -0.25) is 14.4 Å². The number of nitrogens with zero attached hydrogens (tertiary/aromatic N) is 1. The Kier molecular flexibility index (Phi) is 9.47. The zero-order valence-corrected chi connectivity index (χ0v) is 24.6. The number of hydrogen-bond acceptors (Lipinski definition) is 8. The quantitative estimate of drug-likeness (QED) is 0.219. The normalized spacial score (nSPS) is 18.9. The van der Waals surface area contributed by atoms with E-state index in [9.17, 15) is 19.5 Å². The summed E-state index contributed by atoms with van der Waals surface area (Å²) < 4.78 is 28.4. The van der Waals surface area contributed by atoms with Crippen LogP contribution >= 0.6 is 0 Å². The van der Waals surface area contributed by atoms with E-state index in [1.807, 2.05) is 81.4 Å². The molecule has 0 spiro atoms. The zero-order chi connectivity index (χ0) is 30.5. The summed E-state index contributed by atoms with van der Waals surface area (Å²) in [5.74, 6) is -2.88. The van der Waals surface area contributed by atoms with Crippen molar-refractivity contribution in [3.63, 3.8) is 0 Å². The first-order valence-electron chi connectivity index (χ1n) is 14.6. The maximum absolute atomic E-state index is 14.3. The Morgan fingerprint density at radius 2 is 1.70 bits per heavy atom. The van der Waals surface area contributed by atoms with Gasteiger partial charge in [-0.2, -0.15) is 0 Å². The fourth-order valence-electron chi connectivity index (χ4n) is 5.85. The minimum absolute atomic E-state index is 0.121. The molecule has 0 aromatic heterocycles. The number of hydrogen-bond donors (Lipinski definition) is 1. The third-order valence-electron chi connectivity index (χ3n) is 8.07. The van der Waals surface area contributed by atoms with Gasteiger partial charge in [-0.1, -0.05) is 42.5 Å². The Morgan fingerprint density at radius 3 is 2.42 bits per heavy atom. The van der Waals surface area contributed by atoms with E-state index in [0.29, 0.717) is 31.1 Å². The van der Waals surface area contributed by atoms with Gasteiger partial charge in [-0.25, -0.2) is 0 Å². The molecule has 4 atom stereocenters. The van der Waals surface area contributed by atoms with Crippen LogP contribution < -0.4 is 9.47 Å². The summed E-state index contributed by atoms with van der Waals surface area (Å²) in [5, 5.41) is 11.9. The van der Waals surface area contributed by atoms with E-state index >= 15 is 0 Å². The molecule has 0 radical (unpaired) electrons. The monoisotopic (exact) mass is 591 g/mol. The predicted octanol–water partition coefficient (Wildman–Crippen LogP) is 4.87. The van der Waals surface area contributed by atoms with Gasteiger partial charge in [0.25, 0.3) is 5.91 Å². The number of cyclic esters (lactones) is 1. The summed E-state index contributed by atoms with van der Waals surface area (Å²) in [6, 6.07) is 19.0. The van der Waals surface area contributed by atoms with Crippen molar-refractivity contribution in [2.24, 2.45) is 5.92 Å². The smallest absolute Gasteiger partial charge is 0.311 e. The van der Waals surface area contributed by atoms with Gasteiger partial charge in [0.05, 0.1) is 6.42 Å². The molecule has 3 aromatic rings. The van der Waals surface area contributed by atoms with Crippen LogP contribution in [0.5, 0.6) is 11.5 Å². The van der Waals surface area contributed by atoms with Crippen molar-refractivity contribution in [1.29, 1.82) is 0 Å². The molecule has 0 bridgehead atoms. The van der Waals surface area contributed by atoms with Crippen molar-refractivity contribution in [1.82, 2.24) is 4.90 Å². The molecule has 0 aliphatic carbocycles. The Morgan fingerprint density at radius 1 is 0.977 bits per heavy atom. The molecule has 1 fully saturated rings. The van der Waals surface area contributed by atoms with Gasteiger partial charge < -0.3 is 33.7 Å². The van der Waals surface area contributed by atoms with Gasteiger partial charge in [0.1, 0.15) is 5.92 Å². The number of carbonyl (C=O) groups is 3. The number of esters is 1. The highest BCUT2D eigenvalue weighted by Gasteiger charge is 2.47. The second-order valence-electron chi connectivity index (χ2n) is 10.7. The summed E-state index contributed by atoms with van der Waals surface area (Å²) in [6.07, 6.45) is -1.94. The summed E-state index contributed by atoms with van der Waals surface area (Å²) in [5.41, 5.74) is 1.72. The van der Waals surface area contributed by atoms with E-state index in [4.69, 9.17) is 23.7 Å². The van der Waals surface area contributed by atoms with Crippen molar-refractivity contribution >= 4 is 28.6 Å². The average molecular weight is 592 g/mol. The number of amides is 1. The molecule has 10 nitrogen and oxygen atoms in total. The first-order valence-corrected chi connectivity index (χ1v) is 14.6. The number of carbonyl (C=O) groups excluding carboxylic acids is 2. The van der Waals surface area contributed by atoms with Crippen LogP contribution in [0.4, 0.5) is 0 Å². The second-order valence-corrected chi connectivity index (χ2v) is 10.7. The lowest BCUT2D eigenvalue weighted by atomic mass is 9.86. The minimum atomic E-state index is -1.43. The van der Waals surface area contributed by atoms with E-state index < -0.39 is 42.2 Å². The van der Waals surface area contributed by atoms with Crippen LogP contribution in [0.2, 0.25) is 0 Å². The van der Waals surface area contributed by atoms with Crippen LogP contribution in [0.15, 0.2) is 60.7 Å². The number of aliphatic carboxylic acids is 1. The fourth-order valence-corrected chi connectivity index (χ4v) is 5.85. The molecule has 5 rings (SSSR count). The number of ether oxygens (including phenoxy) is 5. The molecule has 0 unspecified atom stereocenters. The molecular weight excluding hydrogens is 554 g/mol. The Balaban J connectivity index is 1.55. The van der Waals surface area contributed by atoms with Crippen molar-refractivity contribution in [2.45, 2.75) is 64.5 Å². The maximum Gasteiger partial charge on any atom is 0.311 e. The molecule has 1 saturated heterocycles. The van der Waals surface area contributed by atoms with E-state index in [2.05, 4.69) is 0 Å². The Bertz CT molecular complexity index is 1470. The highest BCUT2D eigenvalue weighted by atomic mass is 16.7. The fraction of sp³-hybridized carbons (Fsp3) is 0.424. The molecule has 43 heavy (non-hydrogen) atoms. The lowest BCUT2D eigenvalue weighted by molar-refractivity contribution is -0.161. The molecule has 1 N–H and O–H groups in total. The third kappa shape index (κ3) is 6.76. The van der Waals surface area contributed by atoms with Gasteiger partial charge in [-0.05, 0) is 60.9 Å². The maximum atomic E-state index is 14.3. The van der Waals surface area contributed by atoms with Crippen LogP contribution in [-0.2, 0) is 35.1 Å². The van der Waals surface area contributed by atoms with E-state index in [-0.39, 0.29) is 25.7 Å². The molecular formula is C33H37NO9. The van der Waals surface area contributed by atoms with Gasteiger partial charge >= 0.3 is 11.9 Å². The SMILES string of the molecule is CCOC(C[C@H](c1ccc2c(c1)OCO2)[C@@H](C)N(Cc1ccc2ccccc2c1)C(=O)[C@H]1OC(=O)C[C@@H]1C(=O)O)OCC. The number of fused-ring (bicyclic) bond motifs is 2. The van der Waals surface area contributed by atoms with E-state index in [0.717, 1.165) is 21.9 Å². The largest absolute Gasteiger partial charge is 0.481 e. The van der Waals surface area contributed by atoms with E-state index in [1.165, 1.54) is 0 Å². The van der Waals surface area contributed by atoms with Gasteiger partial charge in [0.15, 0.2) is 23.9 Å². The highest BCUT2D eigenvalue weighted by molar-refractivity contribution is 5.94. The lowest BCUT2D eigenvalue weighted by Gasteiger charge is -2.38. The van der Waals surface area contributed by atoms with Crippen molar-refractivity contribution in [3.8, 4) is 11.5 Å². The number of rotatable bonds is 13. The van der Waals surface area contributed by atoms with Gasteiger partial charge in [0.2, 0.25) is 6.79 Å². The van der Waals surface area contributed by atoms with Gasteiger partial charge in [0, 0.05) is 38.1 Å². The average Bonchev–Trinajstić information content (AvgIpc) is 3.64. The van der Waals surface area contributed by atoms with Crippen LogP contribution in [0.1, 0.15) is 50.7 Å². The number of carboxylic acid groups (broad SMARTS) is 1. The summed E-state index contributed by atoms with van der Waals surface area (Å²) in [6.45, 7) is 6.85. The first kappa shape index (κ1) is 30.3. The molecule has 2 aliphatic heterocycles. The Hall–Kier alpha value is -4.15. The number of carboxylic acids is 1. The molecule has 2 heterocycles. The van der Waals surface area contributed by atoms with Crippen molar-refractivity contribution in [3.05, 3.63) is 71.8 Å². The third-order valence-corrected chi connectivity index (χ3v) is 8.07. The highest BCUT2D eigenvalue weighted by Crippen LogP contribution is 2.39. The molecule has 2 aliphatic rings. The standard InChI is InChI=1S/C33H37NO9/c1-4-39-30(40-5-2)17-25(24-12-13-27-28(15-24)42-19-41-27)20(3)34(32(36)31-26(33(37)38)16-29(35)43-31)18-21-10-11-22-8-6-7-9-23(22)14-21/h6-15,20,25-26,30-31H,4-5,16-19H2,1-3H3,(H,37,38)/t20-,25+,26+,31+/m1/s1. The zero-order valence-electron chi connectivity index (χ0n) is 24.6. The lowest BCUT2D eigenvalue weighted by Crippen LogP contribution is -2.49. The van der Waals surface area contributed by atoms with Crippen LogP contribution in [0.3, 0.4) is 0 Å². The van der Waals surface area contributed by atoms with Crippen LogP contribution in [0, 0.1) is 5.92 Å². The van der Waals surface area contributed by atoms with Crippen LogP contribution in [-0.4, -0.2) is 66.3 Å². The Labute approximate surface area is 250 Å². The van der Waals surface area contributed by atoms with Crippen LogP contribution in [0.25, 0.3) is 10.8 Å². The first-order chi connectivity index (χ1) is 20.8. The summed E-state index contributed by atoms with van der Waals surface area (Å²) in [4.78, 5) is 40.1. The summed E-state index contributed by atoms with van der Waals surface area (Å²) in [7, 11) is 0. The predicted molar refractivity (Wildman–Crippen MR) is 157 cm³/mol. The topological polar surface area (TPSA) is 121 Å². The van der Waals surface area contributed by atoms with E-state index in [1.54, 1.807) is 4.90 Å². The molecule has 3 aromatic carbocycles. The second kappa shape index (κ2) is 13.4. The minimum Gasteiger partial charge on any atom is -0.481 e. The van der Waals surface area contributed by atoms with Gasteiger partial charge in [-0.15, -0.1) is 0 Å². The molecule has 10 heteroatoms. The summed E-state index contributed by atoms with van der Waals surface area (Å²) >= 11 is 0. The molecule has 228 valence electrons. The number of benzene rings is 3. The van der Waals surface area contributed by atoms with Crippen molar-refractivity contribution < 1.29 is 43.2 Å². The molecule has 0 saturated carbocycles. The van der Waals surface area contributed by atoms with Crippen molar-refractivity contribution in [2.75, 3.05) is 20.0 Å². The molecule has 1 amide bonds.